The summed E-state index contributed by atoms with van der Waals surface area (Å²) in [6, 6.07) is 21.6. The molecule has 2 heterocycles. The molecule has 1 aliphatic rings. The molecule has 8 heteroatoms. The summed E-state index contributed by atoms with van der Waals surface area (Å²) in [4.78, 5) is 35.1. The summed E-state index contributed by atoms with van der Waals surface area (Å²) in [7, 11) is 0. The van der Waals surface area contributed by atoms with E-state index >= 15 is 0 Å². The molecule has 0 bridgehead atoms. The molecule has 4 rings (SSSR count). The molecule has 1 aromatic heterocycles. The molecule has 0 radical (unpaired) electrons. The number of nitro groups is 1. The zero-order chi connectivity index (χ0) is 23.9. The number of rotatable bonds is 8. The van der Waals surface area contributed by atoms with Gasteiger partial charge in [0.05, 0.1) is 4.92 Å². The number of nitro benzene ring substituents is 1. The lowest BCUT2D eigenvalue weighted by molar-refractivity contribution is -0.384. The molecule has 1 amide bonds. The van der Waals surface area contributed by atoms with Crippen molar-refractivity contribution in [3.63, 3.8) is 0 Å². The summed E-state index contributed by atoms with van der Waals surface area (Å²) in [5, 5.41) is 11.2. The fraction of sp³-hybridized carbons (Fsp3) is 0.308. The SMILES string of the molecule is C[C@H](CN1CCN(Cc2ccccc2)CC1)N(C(=O)c1cccc([N+](=O)[O-])c1)c1ccccn1. The summed E-state index contributed by atoms with van der Waals surface area (Å²) in [5.41, 5.74) is 1.49. The van der Waals surface area contributed by atoms with E-state index in [1.54, 1.807) is 35.4 Å². The van der Waals surface area contributed by atoms with Gasteiger partial charge in [0.2, 0.25) is 0 Å². The van der Waals surface area contributed by atoms with Gasteiger partial charge in [0.15, 0.2) is 0 Å². The molecule has 0 spiro atoms. The van der Waals surface area contributed by atoms with Gasteiger partial charge >= 0.3 is 0 Å². The number of aromatic nitrogens is 1. The van der Waals surface area contributed by atoms with Crippen LogP contribution in [0.15, 0.2) is 79.0 Å². The van der Waals surface area contributed by atoms with Crippen LogP contribution in [0.5, 0.6) is 0 Å². The monoisotopic (exact) mass is 459 g/mol. The average molecular weight is 460 g/mol. The Morgan fingerprint density at radius 2 is 1.71 bits per heavy atom. The molecule has 1 atom stereocenters. The van der Waals surface area contributed by atoms with Crippen molar-refractivity contribution in [2.45, 2.75) is 19.5 Å². The first-order valence-corrected chi connectivity index (χ1v) is 11.5. The van der Waals surface area contributed by atoms with Gasteiger partial charge in [0, 0.05) is 69.2 Å². The summed E-state index contributed by atoms with van der Waals surface area (Å²) in [6.45, 7) is 7.39. The van der Waals surface area contributed by atoms with Crippen LogP contribution in [-0.4, -0.2) is 64.4 Å². The number of non-ortho nitro benzene ring substituents is 1. The van der Waals surface area contributed by atoms with Crippen LogP contribution in [0.3, 0.4) is 0 Å². The molecule has 0 N–H and O–H groups in total. The first-order valence-electron chi connectivity index (χ1n) is 11.5. The predicted octanol–water partition coefficient (Wildman–Crippen LogP) is 3.84. The molecule has 34 heavy (non-hydrogen) atoms. The Morgan fingerprint density at radius 3 is 2.38 bits per heavy atom. The van der Waals surface area contributed by atoms with Crippen molar-refractivity contribution in [1.29, 1.82) is 0 Å². The molecular weight excluding hydrogens is 430 g/mol. The largest absolute Gasteiger partial charge is 0.299 e. The topological polar surface area (TPSA) is 82.8 Å². The van der Waals surface area contributed by atoms with Crippen molar-refractivity contribution >= 4 is 17.4 Å². The highest BCUT2D eigenvalue weighted by atomic mass is 16.6. The second kappa shape index (κ2) is 11.0. The molecule has 0 aliphatic carbocycles. The van der Waals surface area contributed by atoms with Crippen LogP contribution in [0.2, 0.25) is 0 Å². The van der Waals surface area contributed by atoms with Gasteiger partial charge in [-0.3, -0.25) is 29.6 Å². The third kappa shape index (κ3) is 5.84. The van der Waals surface area contributed by atoms with Crippen molar-refractivity contribution < 1.29 is 9.72 Å². The van der Waals surface area contributed by atoms with Crippen molar-refractivity contribution in [1.82, 2.24) is 14.8 Å². The Morgan fingerprint density at radius 1 is 1.00 bits per heavy atom. The fourth-order valence-corrected chi connectivity index (χ4v) is 4.34. The zero-order valence-corrected chi connectivity index (χ0v) is 19.3. The normalized spacial score (nSPS) is 15.6. The fourth-order valence-electron chi connectivity index (χ4n) is 4.34. The Bertz CT molecular complexity index is 1100. The van der Waals surface area contributed by atoms with Gasteiger partial charge in [0.1, 0.15) is 5.82 Å². The number of piperazine rings is 1. The van der Waals surface area contributed by atoms with E-state index in [4.69, 9.17) is 0 Å². The van der Waals surface area contributed by atoms with E-state index in [0.29, 0.717) is 12.4 Å². The van der Waals surface area contributed by atoms with Crippen molar-refractivity contribution in [2.75, 3.05) is 37.6 Å². The lowest BCUT2D eigenvalue weighted by atomic mass is 10.1. The van der Waals surface area contributed by atoms with Gasteiger partial charge in [-0.2, -0.15) is 0 Å². The van der Waals surface area contributed by atoms with E-state index in [1.165, 1.54) is 17.7 Å². The van der Waals surface area contributed by atoms with Gasteiger partial charge in [-0.05, 0) is 30.7 Å². The van der Waals surface area contributed by atoms with Crippen molar-refractivity contribution in [2.24, 2.45) is 0 Å². The van der Waals surface area contributed by atoms with Gasteiger partial charge in [-0.15, -0.1) is 0 Å². The molecule has 1 saturated heterocycles. The van der Waals surface area contributed by atoms with E-state index < -0.39 is 4.92 Å². The average Bonchev–Trinajstić information content (AvgIpc) is 2.86. The second-order valence-electron chi connectivity index (χ2n) is 8.58. The first kappa shape index (κ1) is 23.5. The molecule has 8 nitrogen and oxygen atoms in total. The Labute approximate surface area is 199 Å². The van der Waals surface area contributed by atoms with E-state index in [1.807, 2.05) is 19.1 Å². The lowest BCUT2D eigenvalue weighted by Gasteiger charge is -2.38. The highest BCUT2D eigenvalue weighted by Crippen LogP contribution is 2.21. The number of carbonyl (C=O) groups excluding carboxylic acids is 1. The minimum atomic E-state index is -0.486. The number of hydrogen-bond acceptors (Lipinski definition) is 6. The van der Waals surface area contributed by atoms with Gasteiger partial charge < -0.3 is 0 Å². The Kier molecular flexibility index (Phi) is 7.61. The molecule has 176 valence electrons. The van der Waals surface area contributed by atoms with Crippen LogP contribution in [-0.2, 0) is 6.54 Å². The van der Waals surface area contributed by atoms with Crippen LogP contribution in [0, 0.1) is 10.1 Å². The standard InChI is InChI=1S/C26H29N5O3/c1-21(19-28-14-16-29(17-15-28)20-22-8-3-2-4-9-22)30(25-12-5-6-13-27-25)26(32)23-10-7-11-24(18-23)31(33)34/h2-13,18,21H,14-17,19-20H2,1H3/t21-/m1/s1. The maximum atomic E-state index is 13.5. The van der Waals surface area contributed by atoms with Gasteiger partial charge in [-0.1, -0.05) is 42.5 Å². The number of benzene rings is 2. The highest BCUT2D eigenvalue weighted by Gasteiger charge is 2.28. The molecule has 3 aromatic rings. The molecule has 2 aromatic carbocycles. The highest BCUT2D eigenvalue weighted by molar-refractivity contribution is 6.06. The second-order valence-corrected chi connectivity index (χ2v) is 8.58. The van der Waals surface area contributed by atoms with Crippen LogP contribution >= 0.6 is 0 Å². The van der Waals surface area contributed by atoms with E-state index in [-0.39, 0.29) is 23.2 Å². The number of pyridine rings is 1. The summed E-state index contributed by atoms with van der Waals surface area (Å²) in [6.07, 6.45) is 1.65. The summed E-state index contributed by atoms with van der Waals surface area (Å²) < 4.78 is 0. The Hall–Kier alpha value is -3.62. The van der Waals surface area contributed by atoms with Crippen molar-refractivity contribution in [3.05, 3.63) is 100 Å². The van der Waals surface area contributed by atoms with Gasteiger partial charge in [-0.25, -0.2) is 4.98 Å². The number of carbonyl (C=O) groups is 1. The molecule has 1 aliphatic heterocycles. The van der Waals surface area contributed by atoms with Crippen LogP contribution < -0.4 is 4.90 Å². The number of hydrogen-bond donors (Lipinski definition) is 0. The molecule has 1 fully saturated rings. The maximum absolute atomic E-state index is 13.5. The van der Waals surface area contributed by atoms with Crippen LogP contribution in [0.4, 0.5) is 11.5 Å². The first-order chi connectivity index (χ1) is 16.5. The minimum Gasteiger partial charge on any atom is -0.299 e. The lowest BCUT2D eigenvalue weighted by Crippen LogP contribution is -2.52. The van der Waals surface area contributed by atoms with E-state index in [9.17, 15) is 14.9 Å². The van der Waals surface area contributed by atoms with Crippen LogP contribution in [0.1, 0.15) is 22.8 Å². The molecular formula is C26H29N5O3. The smallest absolute Gasteiger partial charge is 0.270 e. The third-order valence-electron chi connectivity index (χ3n) is 6.10. The molecule has 0 saturated carbocycles. The van der Waals surface area contributed by atoms with E-state index in [0.717, 1.165) is 32.7 Å². The van der Waals surface area contributed by atoms with Crippen LogP contribution in [0.25, 0.3) is 0 Å². The number of anilines is 1. The quantitative estimate of drug-likeness (QED) is 0.376. The minimum absolute atomic E-state index is 0.103. The summed E-state index contributed by atoms with van der Waals surface area (Å²) >= 11 is 0. The van der Waals surface area contributed by atoms with Crippen molar-refractivity contribution in [3.8, 4) is 0 Å². The zero-order valence-electron chi connectivity index (χ0n) is 19.3. The number of amides is 1. The van der Waals surface area contributed by atoms with E-state index in [2.05, 4.69) is 39.0 Å². The van der Waals surface area contributed by atoms with Gasteiger partial charge in [0.25, 0.3) is 11.6 Å². The third-order valence-corrected chi connectivity index (χ3v) is 6.10. The Balaban J connectivity index is 1.44. The number of nitrogens with zero attached hydrogens (tertiary/aromatic N) is 5. The molecule has 0 unspecified atom stereocenters. The maximum Gasteiger partial charge on any atom is 0.270 e. The predicted molar refractivity (Wildman–Crippen MR) is 132 cm³/mol. The summed E-state index contributed by atoms with van der Waals surface area (Å²) in [5.74, 6) is 0.242.